The molecule has 2 nitrogen and oxygen atoms in total. The normalized spacial score (nSPS) is 14.2. The van der Waals surface area contributed by atoms with Gasteiger partial charge >= 0.3 is 0 Å². The van der Waals surface area contributed by atoms with Crippen molar-refractivity contribution in [2.24, 2.45) is 5.92 Å². The fourth-order valence-electron chi connectivity index (χ4n) is 1.75. The number of rotatable bonds is 2. The molecule has 0 radical (unpaired) electrons. The van der Waals surface area contributed by atoms with E-state index >= 15 is 0 Å². The molecule has 0 atom stereocenters. The number of carbonyl (C=O) groups excluding carboxylic acids is 1. The van der Waals surface area contributed by atoms with Crippen molar-refractivity contribution in [3.8, 4) is 0 Å². The number of anilines is 1. The molecule has 17 heavy (non-hydrogen) atoms. The van der Waals surface area contributed by atoms with Gasteiger partial charge in [0.15, 0.2) is 0 Å². The minimum Gasteiger partial charge on any atom is -0.439 e. The number of benzene rings is 1. The van der Waals surface area contributed by atoms with Gasteiger partial charge in [0.05, 0.1) is 0 Å². The van der Waals surface area contributed by atoms with E-state index in [2.05, 4.69) is 11.4 Å². The van der Waals surface area contributed by atoms with E-state index in [-0.39, 0.29) is 31.1 Å². The SMILES string of the molecule is CNc1c[c-]c(C)cc1.O=CC1CCCC1.[U]. The van der Waals surface area contributed by atoms with Crippen LogP contribution in [0.15, 0.2) is 18.2 Å². The van der Waals surface area contributed by atoms with Gasteiger partial charge < -0.3 is 10.1 Å². The monoisotopic (exact) mass is 456 g/mol. The zero-order chi connectivity index (χ0) is 11.8. The summed E-state index contributed by atoms with van der Waals surface area (Å²) in [7, 11) is 1.90. The van der Waals surface area contributed by atoms with Crippen molar-refractivity contribution < 1.29 is 35.9 Å². The molecule has 1 saturated carbocycles. The molecular formula is C14H20NOU-. The van der Waals surface area contributed by atoms with Crippen molar-refractivity contribution >= 4 is 12.0 Å². The minimum atomic E-state index is 0. The van der Waals surface area contributed by atoms with E-state index in [1.54, 1.807) is 0 Å². The first-order valence-corrected chi connectivity index (χ1v) is 5.87. The summed E-state index contributed by atoms with van der Waals surface area (Å²) in [5.41, 5.74) is 2.29. The average molecular weight is 456 g/mol. The van der Waals surface area contributed by atoms with Gasteiger partial charge in [-0.3, -0.25) is 0 Å². The number of aryl methyl sites for hydroxylation is 1. The molecule has 1 N–H and O–H groups in total. The molecule has 0 spiro atoms. The maximum Gasteiger partial charge on any atom is 0.123 e. The van der Waals surface area contributed by atoms with Crippen LogP contribution in [0.25, 0.3) is 0 Å². The Kier molecular flexibility index (Phi) is 9.59. The number of nitrogens with one attached hydrogen (secondary N) is 1. The van der Waals surface area contributed by atoms with Crippen LogP contribution in [0.4, 0.5) is 5.69 Å². The average Bonchev–Trinajstić information content (AvgIpc) is 2.84. The second-order valence-electron chi connectivity index (χ2n) is 4.19. The number of hydrogen-bond donors (Lipinski definition) is 1. The molecule has 1 aliphatic rings. The molecule has 2 rings (SSSR count). The number of aldehydes is 1. The maximum atomic E-state index is 10.0. The molecule has 0 amide bonds. The van der Waals surface area contributed by atoms with Gasteiger partial charge in [-0.1, -0.05) is 25.5 Å². The molecule has 0 saturated heterocycles. The molecule has 1 fully saturated rings. The molecule has 92 valence electrons. The van der Waals surface area contributed by atoms with E-state index < -0.39 is 0 Å². The predicted molar refractivity (Wildman–Crippen MR) is 67.6 cm³/mol. The van der Waals surface area contributed by atoms with Crippen molar-refractivity contribution in [3.05, 3.63) is 29.8 Å². The first-order valence-electron chi connectivity index (χ1n) is 5.87. The zero-order valence-electron chi connectivity index (χ0n) is 10.6. The summed E-state index contributed by atoms with van der Waals surface area (Å²) in [4.78, 5) is 10.0. The Balaban J connectivity index is 0.000000292. The summed E-state index contributed by atoms with van der Waals surface area (Å²) in [5.74, 6) is 0.417. The van der Waals surface area contributed by atoms with Crippen LogP contribution in [-0.2, 0) is 4.79 Å². The largest absolute Gasteiger partial charge is 0.439 e. The Morgan fingerprint density at radius 2 is 2.00 bits per heavy atom. The van der Waals surface area contributed by atoms with Crippen LogP contribution in [0.1, 0.15) is 31.2 Å². The summed E-state index contributed by atoms with van der Waals surface area (Å²) in [6, 6.07) is 9.10. The number of hydrogen-bond acceptors (Lipinski definition) is 2. The Bertz CT molecular complexity index is 305. The maximum absolute atomic E-state index is 10.0. The van der Waals surface area contributed by atoms with Gasteiger partial charge in [0, 0.05) is 37.0 Å². The van der Waals surface area contributed by atoms with Crippen LogP contribution in [0, 0.1) is 50.0 Å². The molecule has 1 aliphatic carbocycles. The first-order chi connectivity index (χ1) is 7.76. The van der Waals surface area contributed by atoms with Crippen LogP contribution < -0.4 is 5.32 Å². The Morgan fingerprint density at radius 1 is 1.35 bits per heavy atom. The summed E-state index contributed by atoms with van der Waals surface area (Å²) < 4.78 is 0. The number of carbonyl (C=O) groups is 1. The van der Waals surface area contributed by atoms with E-state index in [1.165, 1.54) is 18.4 Å². The first kappa shape index (κ1) is 16.7. The summed E-state index contributed by atoms with van der Waals surface area (Å²) in [6.07, 6.45) is 5.91. The van der Waals surface area contributed by atoms with Gasteiger partial charge in [-0.05, 0) is 19.9 Å². The van der Waals surface area contributed by atoms with Gasteiger partial charge in [0.25, 0.3) is 0 Å². The predicted octanol–water partition coefficient (Wildman–Crippen LogP) is 3.21. The second kappa shape index (κ2) is 9.74. The van der Waals surface area contributed by atoms with Gasteiger partial charge in [-0.15, -0.1) is 6.07 Å². The fourth-order valence-corrected chi connectivity index (χ4v) is 1.75. The Labute approximate surface area is 128 Å². The van der Waals surface area contributed by atoms with Gasteiger partial charge in [-0.2, -0.15) is 23.8 Å². The van der Waals surface area contributed by atoms with Crippen molar-refractivity contribution in [3.63, 3.8) is 0 Å². The third-order valence-corrected chi connectivity index (χ3v) is 2.85. The minimum absolute atomic E-state index is 0. The Morgan fingerprint density at radius 3 is 2.35 bits per heavy atom. The van der Waals surface area contributed by atoms with E-state index in [0.29, 0.717) is 5.92 Å². The van der Waals surface area contributed by atoms with Crippen molar-refractivity contribution in [1.29, 1.82) is 0 Å². The fraction of sp³-hybridized carbons (Fsp3) is 0.500. The quantitative estimate of drug-likeness (QED) is 0.547. The van der Waals surface area contributed by atoms with Crippen LogP contribution in [-0.4, -0.2) is 13.3 Å². The standard InChI is InChI=1S/C8H10N.C6H10O.U/c1-7-3-5-8(9-2)6-4-7;7-5-6-3-1-2-4-6;/h3,5-6,9H,1-2H3;5-6H,1-4H2;/q-1;;. The zero-order valence-corrected chi connectivity index (χ0v) is 14.8. The van der Waals surface area contributed by atoms with Gasteiger partial charge in [0.1, 0.15) is 6.29 Å². The molecule has 0 aliphatic heterocycles. The molecule has 0 bridgehead atoms. The van der Waals surface area contributed by atoms with Crippen LogP contribution in [0.5, 0.6) is 0 Å². The molecule has 3 heteroatoms. The third-order valence-electron chi connectivity index (χ3n) is 2.85. The summed E-state index contributed by atoms with van der Waals surface area (Å²) in [6.45, 7) is 2.03. The molecule has 1 aromatic carbocycles. The molecule has 1 aromatic rings. The molecule has 0 aromatic heterocycles. The van der Waals surface area contributed by atoms with E-state index in [1.807, 2.05) is 32.2 Å². The van der Waals surface area contributed by atoms with Gasteiger partial charge in [0.2, 0.25) is 0 Å². The second-order valence-corrected chi connectivity index (χ2v) is 4.19. The van der Waals surface area contributed by atoms with Crippen LogP contribution >= 0.6 is 0 Å². The van der Waals surface area contributed by atoms with E-state index in [9.17, 15) is 4.79 Å². The molecule has 0 unspecified atom stereocenters. The Hall–Kier alpha value is -0.258. The summed E-state index contributed by atoms with van der Waals surface area (Å²) >= 11 is 0. The van der Waals surface area contributed by atoms with Crippen molar-refractivity contribution in [2.75, 3.05) is 12.4 Å². The van der Waals surface area contributed by atoms with Crippen LogP contribution in [0.3, 0.4) is 0 Å². The summed E-state index contributed by atoms with van der Waals surface area (Å²) in [5, 5.41) is 3.02. The van der Waals surface area contributed by atoms with Crippen molar-refractivity contribution in [2.45, 2.75) is 32.6 Å². The topological polar surface area (TPSA) is 29.1 Å². The van der Waals surface area contributed by atoms with E-state index in [0.717, 1.165) is 24.8 Å². The van der Waals surface area contributed by atoms with Gasteiger partial charge in [-0.25, -0.2) is 0 Å². The molecular weight excluding hydrogens is 436 g/mol. The van der Waals surface area contributed by atoms with Crippen LogP contribution in [0.2, 0.25) is 0 Å². The third kappa shape index (κ3) is 6.91. The van der Waals surface area contributed by atoms with Crippen molar-refractivity contribution in [1.82, 2.24) is 0 Å². The smallest absolute Gasteiger partial charge is 0.123 e. The van der Waals surface area contributed by atoms with E-state index in [4.69, 9.17) is 0 Å². The molecule has 0 heterocycles.